The Morgan fingerprint density at radius 2 is 1.71 bits per heavy atom. The summed E-state index contributed by atoms with van der Waals surface area (Å²) in [7, 11) is 0. The number of hydrogen-bond acceptors (Lipinski definition) is 8. The van der Waals surface area contributed by atoms with Gasteiger partial charge in [0, 0.05) is 44.5 Å². The Balaban J connectivity index is 1.27. The molecule has 3 aromatic heterocycles. The first kappa shape index (κ1) is 17.3. The van der Waals surface area contributed by atoms with Crippen molar-refractivity contribution < 1.29 is 4.63 Å². The zero-order chi connectivity index (χ0) is 19.3. The van der Waals surface area contributed by atoms with E-state index in [1.807, 2.05) is 31.5 Å². The molecule has 2 fully saturated rings. The van der Waals surface area contributed by atoms with Crippen LogP contribution in [0.5, 0.6) is 0 Å². The molecule has 9 nitrogen and oxygen atoms in total. The van der Waals surface area contributed by atoms with Crippen LogP contribution in [0, 0.1) is 32.6 Å². The van der Waals surface area contributed by atoms with E-state index in [1.165, 1.54) is 0 Å². The zero-order valence-corrected chi connectivity index (χ0v) is 16.4. The van der Waals surface area contributed by atoms with Crippen molar-refractivity contribution in [1.82, 2.24) is 35.0 Å². The maximum atomic E-state index is 4.83. The highest BCUT2D eigenvalue weighted by atomic mass is 16.6. The molecule has 0 aromatic carbocycles. The van der Waals surface area contributed by atoms with Crippen LogP contribution in [0.15, 0.2) is 23.1 Å². The van der Waals surface area contributed by atoms with Gasteiger partial charge < -0.3 is 4.90 Å². The summed E-state index contributed by atoms with van der Waals surface area (Å²) in [5.41, 5.74) is 3.90. The molecule has 0 bridgehead atoms. The fourth-order valence-corrected chi connectivity index (χ4v) is 4.50. The van der Waals surface area contributed by atoms with E-state index in [9.17, 15) is 0 Å². The van der Waals surface area contributed by atoms with Crippen LogP contribution in [0.25, 0.3) is 5.82 Å². The van der Waals surface area contributed by atoms with Gasteiger partial charge in [-0.25, -0.2) is 19.3 Å². The Morgan fingerprint density at radius 1 is 0.964 bits per heavy atom. The van der Waals surface area contributed by atoms with Gasteiger partial charge >= 0.3 is 0 Å². The molecule has 2 aliphatic heterocycles. The second-order valence-corrected chi connectivity index (χ2v) is 7.99. The number of nitrogens with zero attached hydrogens (tertiary/aromatic N) is 8. The van der Waals surface area contributed by atoms with Gasteiger partial charge in [-0.05, 0) is 38.7 Å². The molecule has 2 saturated heterocycles. The molecule has 3 aromatic rings. The smallest absolute Gasteiger partial charge is 0.159 e. The largest absolute Gasteiger partial charge is 0.356 e. The van der Waals surface area contributed by atoms with Gasteiger partial charge in [0.1, 0.15) is 23.5 Å². The predicted octanol–water partition coefficient (Wildman–Crippen LogP) is 1.54. The van der Waals surface area contributed by atoms with Crippen LogP contribution < -0.4 is 4.90 Å². The number of rotatable bonds is 4. The van der Waals surface area contributed by atoms with Crippen molar-refractivity contribution in [1.29, 1.82) is 0 Å². The lowest BCUT2D eigenvalue weighted by atomic mass is 10.0. The number of likely N-dealkylation sites (tertiary alicyclic amines) is 1. The third kappa shape index (κ3) is 3.05. The normalized spacial score (nSPS) is 22.2. The van der Waals surface area contributed by atoms with Crippen LogP contribution in [-0.4, -0.2) is 61.1 Å². The SMILES string of the molecule is Cc1cc(C)n(-c2cc(N3CC4CN(Cc5nonc5C)CC4C3)ncn2)n1. The lowest BCUT2D eigenvalue weighted by molar-refractivity contribution is 0.275. The minimum atomic E-state index is 0.646. The molecule has 5 heterocycles. The zero-order valence-electron chi connectivity index (χ0n) is 16.4. The first-order valence-electron chi connectivity index (χ1n) is 9.68. The quantitative estimate of drug-likeness (QED) is 0.673. The average molecular weight is 380 g/mol. The molecule has 9 heteroatoms. The summed E-state index contributed by atoms with van der Waals surface area (Å²) < 4.78 is 6.71. The van der Waals surface area contributed by atoms with Crippen LogP contribution in [0.1, 0.15) is 22.8 Å². The summed E-state index contributed by atoms with van der Waals surface area (Å²) in [5.74, 6) is 3.10. The summed E-state index contributed by atoms with van der Waals surface area (Å²) in [6.45, 7) is 11.0. The first-order valence-corrected chi connectivity index (χ1v) is 9.68. The Labute approximate surface area is 163 Å². The maximum absolute atomic E-state index is 4.83. The molecule has 0 saturated carbocycles. The van der Waals surface area contributed by atoms with Gasteiger partial charge in [0.05, 0.1) is 5.69 Å². The highest BCUT2D eigenvalue weighted by Crippen LogP contribution is 2.34. The number of aryl methyl sites for hydroxylation is 3. The van der Waals surface area contributed by atoms with Crippen molar-refractivity contribution >= 4 is 5.82 Å². The monoisotopic (exact) mass is 380 g/mol. The van der Waals surface area contributed by atoms with Crippen molar-refractivity contribution in [2.45, 2.75) is 27.3 Å². The highest BCUT2D eigenvalue weighted by molar-refractivity contribution is 5.45. The Kier molecular flexibility index (Phi) is 4.12. The van der Waals surface area contributed by atoms with Crippen LogP contribution in [-0.2, 0) is 6.54 Å². The standard InChI is InChI=1S/C19H24N8O/c1-12-4-13(2)27(22-12)19-5-18(20-11-21-19)26-8-15-6-25(7-16(15)9-26)10-17-14(3)23-28-24-17/h4-5,11,15-16H,6-10H2,1-3H3. The third-order valence-electron chi connectivity index (χ3n) is 5.87. The predicted molar refractivity (Wildman–Crippen MR) is 102 cm³/mol. The van der Waals surface area contributed by atoms with Crippen molar-refractivity contribution in [2.24, 2.45) is 11.8 Å². The fraction of sp³-hybridized carbons (Fsp3) is 0.526. The van der Waals surface area contributed by atoms with E-state index in [0.29, 0.717) is 11.8 Å². The molecule has 0 N–H and O–H groups in total. The maximum Gasteiger partial charge on any atom is 0.159 e. The van der Waals surface area contributed by atoms with Gasteiger partial charge in [0.25, 0.3) is 0 Å². The molecule has 5 rings (SSSR count). The van der Waals surface area contributed by atoms with Crippen LogP contribution in [0.3, 0.4) is 0 Å². The molecular formula is C19H24N8O. The van der Waals surface area contributed by atoms with E-state index >= 15 is 0 Å². The average Bonchev–Trinajstić information content (AvgIpc) is 3.41. The molecular weight excluding hydrogens is 356 g/mol. The summed E-state index contributed by atoms with van der Waals surface area (Å²) in [4.78, 5) is 13.8. The van der Waals surface area contributed by atoms with Crippen molar-refractivity contribution in [3.05, 3.63) is 41.2 Å². The number of aromatic nitrogens is 6. The molecule has 2 atom stereocenters. The summed E-state index contributed by atoms with van der Waals surface area (Å²) in [6, 6.07) is 4.10. The van der Waals surface area contributed by atoms with Gasteiger partial charge in [0.2, 0.25) is 0 Å². The van der Waals surface area contributed by atoms with Gasteiger partial charge in [-0.2, -0.15) is 5.10 Å². The molecule has 0 amide bonds. The van der Waals surface area contributed by atoms with E-state index in [2.05, 4.69) is 41.2 Å². The minimum Gasteiger partial charge on any atom is -0.356 e. The van der Waals surface area contributed by atoms with Gasteiger partial charge in [-0.3, -0.25) is 4.90 Å². The molecule has 146 valence electrons. The molecule has 0 spiro atoms. The van der Waals surface area contributed by atoms with Gasteiger partial charge in [-0.1, -0.05) is 10.3 Å². The second kappa shape index (κ2) is 6.66. The number of anilines is 1. The topological polar surface area (TPSA) is 89.0 Å². The van der Waals surface area contributed by atoms with Crippen LogP contribution >= 0.6 is 0 Å². The minimum absolute atomic E-state index is 0.646. The Hall–Kier alpha value is -2.81. The van der Waals surface area contributed by atoms with Gasteiger partial charge in [0.15, 0.2) is 5.82 Å². The van der Waals surface area contributed by atoms with Crippen molar-refractivity contribution in [3.63, 3.8) is 0 Å². The van der Waals surface area contributed by atoms with E-state index < -0.39 is 0 Å². The lowest BCUT2D eigenvalue weighted by Crippen LogP contribution is -2.29. The Bertz CT molecular complexity index is 981. The van der Waals surface area contributed by atoms with E-state index in [1.54, 1.807) is 6.33 Å². The second-order valence-electron chi connectivity index (χ2n) is 7.99. The van der Waals surface area contributed by atoms with E-state index in [-0.39, 0.29) is 0 Å². The van der Waals surface area contributed by atoms with Gasteiger partial charge in [-0.15, -0.1) is 0 Å². The highest BCUT2D eigenvalue weighted by Gasteiger charge is 2.40. The fourth-order valence-electron chi connectivity index (χ4n) is 4.50. The summed E-state index contributed by atoms with van der Waals surface area (Å²) in [6.07, 6.45) is 1.64. The Morgan fingerprint density at radius 3 is 2.36 bits per heavy atom. The van der Waals surface area contributed by atoms with E-state index in [0.717, 1.165) is 67.1 Å². The molecule has 28 heavy (non-hydrogen) atoms. The summed E-state index contributed by atoms with van der Waals surface area (Å²) in [5, 5.41) is 12.4. The molecule has 2 unspecified atom stereocenters. The number of fused-ring (bicyclic) bond motifs is 1. The molecule has 2 aliphatic rings. The first-order chi connectivity index (χ1) is 13.6. The molecule has 0 radical (unpaired) electrons. The van der Waals surface area contributed by atoms with Crippen LogP contribution in [0.2, 0.25) is 0 Å². The molecule has 0 aliphatic carbocycles. The summed E-state index contributed by atoms with van der Waals surface area (Å²) >= 11 is 0. The van der Waals surface area contributed by atoms with Crippen molar-refractivity contribution in [2.75, 3.05) is 31.1 Å². The van der Waals surface area contributed by atoms with E-state index in [4.69, 9.17) is 4.63 Å². The lowest BCUT2D eigenvalue weighted by Gasteiger charge is -2.22. The van der Waals surface area contributed by atoms with Crippen LogP contribution in [0.4, 0.5) is 5.82 Å². The van der Waals surface area contributed by atoms with Crippen molar-refractivity contribution in [3.8, 4) is 5.82 Å². The number of hydrogen-bond donors (Lipinski definition) is 0. The third-order valence-corrected chi connectivity index (χ3v) is 5.87.